The summed E-state index contributed by atoms with van der Waals surface area (Å²) in [6.45, 7) is 0. The van der Waals surface area contributed by atoms with Crippen LogP contribution in [0.15, 0.2) is 24.3 Å². The maximum Gasteiger partial charge on any atom is 0.209 e. The van der Waals surface area contributed by atoms with Gasteiger partial charge in [-0.05, 0) is 37.0 Å². The van der Waals surface area contributed by atoms with E-state index < -0.39 is 15.6 Å². The molecule has 0 radical (unpaired) electrons. The highest BCUT2D eigenvalue weighted by Crippen LogP contribution is 2.41. The lowest BCUT2D eigenvalue weighted by Gasteiger charge is -2.42. The standard InChI is InChI=1S/C11H14ClNO2S/c1-16(14,15)13-11(7-2-8-11)9-3-5-10(12)6-4-9/h3-6,13H,2,7-8H2,1H3. The van der Waals surface area contributed by atoms with Crippen molar-refractivity contribution in [3.63, 3.8) is 0 Å². The van der Waals surface area contributed by atoms with Crippen LogP contribution in [0.3, 0.4) is 0 Å². The molecule has 0 bridgehead atoms. The van der Waals surface area contributed by atoms with Crippen LogP contribution in [0, 0.1) is 0 Å². The van der Waals surface area contributed by atoms with Crippen LogP contribution in [0.2, 0.25) is 5.02 Å². The molecule has 1 aliphatic carbocycles. The lowest BCUT2D eigenvalue weighted by Crippen LogP contribution is -2.50. The predicted octanol–water partition coefficient (Wildman–Crippen LogP) is 2.27. The Morgan fingerprint density at radius 3 is 2.19 bits per heavy atom. The highest BCUT2D eigenvalue weighted by molar-refractivity contribution is 7.88. The Morgan fingerprint density at radius 1 is 1.25 bits per heavy atom. The third kappa shape index (κ3) is 2.39. The van der Waals surface area contributed by atoms with Crippen LogP contribution < -0.4 is 4.72 Å². The van der Waals surface area contributed by atoms with Crippen molar-refractivity contribution in [3.05, 3.63) is 34.9 Å². The van der Waals surface area contributed by atoms with Crippen LogP contribution in [0.4, 0.5) is 0 Å². The van der Waals surface area contributed by atoms with E-state index in [2.05, 4.69) is 4.72 Å². The van der Waals surface area contributed by atoms with Crippen LogP contribution in [-0.2, 0) is 15.6 Å². The second-order valence-electron chi connectivity index (χ2n) is 4.32. The largest absolute Gasteiger partial charge is 0.213 e. The zero-order valence-electron chi connectivity index (χ0n) is 9.03. The zero-order chi connectivity index (χ0) is 11.8. The van der Waals surface area contributed by atoms with Crippen LogP contribution in [-0.4, -0.2) is 14.7 Å². The highest BCUT2D eigenvalue weighted by Gasteiger charge is 2.40. The van der Waals surface area contributed by atoms with Gasteiger partial charge in [-0.1, -0.05) is 23.7 Å². The minimum absolute atomic E-state index is 0.405. The van der Waals surface area contributed by atoms with Gasteiger partial charge in [-0.15, -0.1) is 0 Å². The fraction of sp³-hybridized carbons (Fsp3) is 0.455. The van der Waals surface area contributed by atoms with Gasteiger partial charge in [0.15, 0.2) is 0 Å². The number of sulfonamides is 1. The van der Waals surface area contributed by atoms with E-state index in [1.807, 2.05) is 12.1 Å². The molecule has 1 aliphatic rings. The van der Waals surface area contributed by atoms with Gasteiger partial charge in [0.05, 0.1) is 11.8 Å². The number of benzene rings is 1. The summed E-state index contributed by atoms with van der Waals surface area (Å²) in [4.78, 5) is 0. The number of hydrogen-bond donors (Lipinski definition) is 1. The van der Waals surface area contributed by atoms with E-state index in [0.717, 1.165) is 24.8 Å². The Labute approximate surface area is 101 Å². The molecule has 1 N–H and O–H groups in total. The first-order valence-electron chi connectivity index (χ1n) is 5.16. The first kappa shape index (κ1) is 11.9. The molecule has 1 fully saturated rings. The van der Waals surface area contributed by atoms with Crippen LogP contribution in [0.25, 0.3) is 0 Å². The molecule has 3 nitrogen and oxygen atoms in total. The zero-order valence-corrected chi connectivity index (χ0v) is 10.6. The molecule has 1 aromatic carbocycles. The molecule has 0 atom stereocenters. The minimum atomic E-state index is -3.18. The first-order chi connectivity index (χ1) is 7.41. The molecule has 0 saturated heterocycles. The van der Waals surface area contributed by atoms with Gasteiger partial charge < -0.3 is 0 Å². The van der Waals surface area contributed by atoms with E-state index in [-0.39, 0.29) is 0 Å². The Morgan fingerprint density at radius 2 is 1.81 bits per heavy atom. The molecule has 1 saturated carbocycles. The van der Waals surface area contributed by atoms with E-state index in [9.17, 15) is 8.42 Å². The van der Waals surface area contributed by atoms with Crippen molar-refractivity contribution in [2.75, 3.05) is 6.26 Å². The molecule has 88 valence electrons. The lowest BCUT2D eigenvalue weighted by atomic mass is 9.73. The molecule has 16 heavy (non-hydrogen) atoms. The number of nitrogens with one attached hydrogen (secondary N) is 1. The van der Waals surface area contributed by atoms with Gasteiger partial charge in [-0.2, -0.15) is 0 Å². The molecule has 0 amide bonds. The van der Waals surface area contributed by atoms with Crippen LogP contribution in [0.5, 0.6) is 0 Å². The molecule has 2 rings (SSSR count). The summed E-state index contributed by atoms with van der Waals surface area (Å²) in [6.07, 6.45) is 3.94. The third-order valence-electron chi connectivity index (χ3n) is 2.98. The molecule has 0 heterocycles. The SMILES string of the molecule is CS(=O)(=O)NC1(c2ccc(Cl)cc2)CCC1. The van der Waals surface area contributed by atoms with E-state index in [1.165, 1.54) is 6.26 Å². The van der Waals surface area contributed by atoms with Crippen molar-refractivity contribution in [2.45, 2.75) is 24.8 Å². The van der Waals surface area contributed by atoms with Gasteiger partial charge in [-0.3, -0.25) is 0 Å². The number of halogens is 1. The van der Waals surface area contributed by atoms with Gasteiger partial charge in [0.2, 0.25) is 10.0 Å². The van der Waals surface area contributed by atoms with Gasteiger partial charge in [0.25, 0.3) is 0 Å². The third-order valence-corrected chi connectivity index (χ3v) is 4.00. The molecule has 0 aromatic heterocycles. The van der Waals surface area contributed by atoms with Crippen molar-refractivity contribution >= 4 is 21.6 Å². The summed E-state index contributed by atoms with van der Waals surface area (Å²) in [5, 5.41) is 0.664. The second kappa shape index (κ2) is 4.02. The normalized spacial score (nSPS) is 19.1. The summed E-state index contributed by atoms with van der Waals surface area (Å²) in [7, 11) is -3.18. The molecular formula is C11H14ClNO2S. The van der Waals surface area contributed by atoms with Crippen molar-refractivity contribution in [1.29, 1.82) is 0 Å². The topological polar surface area (TPSA) is 46.2 Å². The fourth-order valence-corrected chi connectivity index (χ4v) is 3.26. The number of hydrogen-bond acceptors (Lipinski definition) is 2. The predicted molar refractivity (Wildman–Crippen MR) is 65.0 cm³/mol. The smallest absolute Gasteiger partial charge is 0.209 e. The van der Waals surface area contributed by atoms with Crippen LogP contribution >= 0.6 is 11.6 Å². The second-order valence-corrected chi connectivity index (χ2v) is 6.50. The summed E-state index contributed by atoms with van der Waals surface area (Å²) in [5.41, 5.74) is 0.589. The van der Waals surface area contributed by atoms with E-state index in [4.69, 9.17) is 11.6 Å². The van der Waals surface area contributed by atoms with Gasteiger partial charge in [0, 0.05) is 5.02 Å². The Hall–Kier alpha value is -0.580. The van der Waals surface area contributed by atoms with Crippen molar-refractivity contribution in [1.82, 2.24) is 4.72 Å². The lowest BCUT2D eigenvalue weighted by molar-refractivity contribution is 0.225. The monoisotopic (exact) mass is 259 g/mol. The quantitative estimate of drug-likeness (QED) is 0.905. The molecular weight excluding hydrogens is 246 g/mol. The summed E-state index contributed by atoms with van der Waals surface area (Å²) >= 11 is 5.82. The van der Waals surface area contributed by atoms with Gasteiger partial charge in [-0.25, -0.2) is 13.1 Å². The Bertz CT molecular complexity index is 477. The number of rotatable bonds is 3. The average Bonchev–Trinajstić information content (AvgIpc) is 2.11. The van der Waals surface area contributed by atoms with Crippen LogP contribution in [0.1, 0.15) is 24.8 Å². The fourth-order valence-electron chi connectivity index (χ4n) is 2.10. The molecule has 0 unspecified atom stereocenters. The minimum Gasteiger partial charge on any atom is -0.213 e. The summed E-state index contributed by atoms with van der Waals surface area (Å²) in [6, 6.07) is 7.36. The van der Waals surface area contributed by atoms with E-state index in [0.29, 0.717) is 5.02 Å². The first-order valence-corrected chi connectivity index (χ1v) is 7.43. The summed E-state index contributed by atoms with van der Waals surface area (Å²) in [5.74, 6) is 0. The van der Waals surface area contributed by atoms with E-state index >= 15 is 0 Å². The Balaban J connectivity index is 2.31. The van der Waals surface area contributed by atoms with Crippen molar-refractivity contribution in [2.24, 2.45) is 0 Å². The molecule has 0 aliphatic heterocycles. The Kier molecular flexibility index (Phi) is 2.99. The van der Waals surface area contributed by atoms with Gasteiger partial charge >= 0.3 is 0 Å². The maximum absolute atomic E-state index is 11.3. The van der Waals surface area contributed by atoms with E-state index in [1.54, 1.807) is 12.1 Å². The highest BCUT2D eigenvalue weighted by atomic mass is 35.5. The summed E-state index contributed by atoms with van der Waals surface area (Å²) < 4.78 is 25.4. The molecule has 0 spiro atoms. The van der Waals surface area contributed by atoms with Crippen molar-refractivity contribution < 1.29 is 8.42 Å². The average molecular weight is 260 g/mol. The molecule has 5 heteroatoms. The molecule has 1 aromatic rings. The van der Waals surface area contributed by atoms with Gasteiger partial charge in [0.1, 0.15) is 0 Å². The van der Waals surface area contributed by atoms with Crippen molar-refractivity contribution in [3.8, 4) is 0 Å². The maximum atomic E-state index is 11.3.